The van der Waals surface area contributed by atoms with Gasteiger partial charge in [0.15, 0.2) is 0 Å². The van der Waals surface area contributed by atoms with Gasteiger partial charge < -0.3 is 15.6 Å². The van der Waals surface area contributed by atoms with E-state index < -0.39 is 17.9 Å². The normalized spacial score (nSPS) is 12.4. The summed E-state index contributed by atoms with van der Waals surface area (Å²) in [5.74, 6) is -1.78. The first-order valence-electron chi connectivity index (χ1n) is 3.31. The number of primary amides is 1. The van der Waals surface area contributed by atoms with Crippen LogP contribution in [0.3, 0.4) is 0 Å². The summed E-state index contributed by atoms with van der Waals surface area (Å²) >= 11 is 0. The predicted molar refractivity (Wildman–Crippen MR) is 40.2 cm³/mol. The fourth-order valence-corrected chi connectivity index (χ4v) is 0.632. The Morgan fingerprint density at radius 2 is 2.25 bits per heavy atom. The second-order valence-corrected chi connectivity index (χ2v) is 2.20. The molecule has 0 aliphatic rings. The van der Waals surface area contributed by atoms with Gasteiger partial charge in [0.1, 0.15) is 6.04 Å². The highest BCUT2D eigenvalue weighted by molar-refractivity contribution is 5.83. The first-order valence-corrected chi connectivity index (χ1v) is 3.31. The van der Waals surface area contributed by atoms with E-state index in [4.69, 9.17) is 10.8 Å². The minimum absolute atomic E-state index is 0.0737. The van der Waals surface area contributed by atoms with E-state index in [0.29, 0.717) is 0 Å². The van der Waals surface area contributed by atoms with E-state index in [1.165, 1.54) is 7.11 Å². The van der Waals surface area contributed by atoms with Crippen LogP contribution in [-0.2, 0) is 14.3 Å². The number of nitrogens with one attached hydrogen (secondary N) is 1. The minimum atomic E-state index is -1.12. The number of aliphatic carboxylic acids is 1. The van der Waals surface area contributed by atoms with Crippen molar-refractivity contribution in [3.8, 4) is 0 Å². The largest absolute Gasteiger partial charge is 0.480 e. The monoisotopic (exact) mass is 176 g/mol. The van der Waals surface area contributed by atoms with Crippen LogP contribution in [0.2, 0.25) is 0 Å². The summed E-state index contributed by atoms with van der Waals surface area (Å²) in [6, 6.07) is -0.970. The Morgan fingerprint density at radius 3 is 2.58 bits per heavy atom. The second-order valence-electron chi connectivity index (χ2n) is 2.20. The molecule has 12 heavy (non-hydrogen) atoms. The molecule has 0 heterocycles. The minimum Gasteiger partial charge on any atom is -0.480 e. The van der Waals surface area contributed by atoms with Gasteiger partial charge in [-0.2, -0.15) is 0 Å². The third kappa shape index (κ3) is 4.64. The van der Waals surface area contributed by atoms with E-state index in [0.717, 1.165) is 0 Å². The number of rotatable bonds is 6. The molecule has 0 saturated carbocycles. The number of ether oxygens (including phenoxy) is 1. The van der Waals surface area contributed by atoms with E-state index in [2.05, 4.69) is 10.1 Å². The van der Waals surface area contributed by atoms with Crippen LogP contribution in [0.4, 0.5) is 0 Å². The number of amides is 1. The summed E-state index contributed by atoms with van der Waals surface area (Å²) in [4.78, 5) is 20.8. The molecule has 0 aromatic rings. The average molecular weight is 176 g/mol. The van der Waals surface area contributed by atoms with Gasteiger partial charge in [0.2, 0.25) is 5.91 Å². The van der Waals surface area contributed by atoms with Crippen LogP contribution in [0.1, 0.15) is 6.42 Å². The first-order chi connectivity index (χ1) is 5.57. The van der Waals surface area contributed by atoms with Crippen molar-refractivity contribution in [1.82, 2.24) is 5.32 Å². The summed E-state index contributed by atoms with van der Waals surface area (Å²) in [6.45, 7) is 0.0737. The Hall–Kier alpha value is -1.14. The topological polar surface area (TPSA) is 102 Å². The molecule has 70 valence electrons. The smallest absolute Gasteiger partial charge is 0.321 e. The lowest BCUT2D eigenvalue weighted by molar-refractivity contribution is -0.141. The van der Waals surface area contributed by atoms with Gasteiger partial charge in [-0.05, 0) is 0 Å². The number of carbonyl (C=O) groups is 2. The third-order valence-corrected chi connectivity index (χ3v) is 1.18. The quantitative estimate of drug-likeness (QED) is 0.428. The number of hydrogen-bond acceptors (Lipinski definition) is 4. The van der Waals surface area contributed by atoms with Crippen LogP contribution in [0, 0.1) is 0 Å². The summed E-state index contributed by atoms with van der Waals surface area (Å²) in [7, 11) is 1.41. The van der Waals surface area contributed by atoms with Crippen molar-refractivity contribution in [2.75, 3.05) is 13.8 Å². The SMILES string of the molecule is COCNC(CC(N)=O)C(=O)O. The predicted octanol–water partition coefficient (Wildman–Crippen LogP) is -1.49. The summed E-state index contributed by atoms with van der Waals surface area (Å²) < 4.78 is 4.58. The number of carbonyl (C=O) groups excluding carboxylic acids is 1. The van der Waals surface area contributed by atoms with Crippen LogP contribution in [0.5, 0.6) is 0 Å². The summed E-state index contributed by atoms with van der Waals surface area (Å²) in [6.07, 6.45) is -0.237. The zero-order chi connectivity index (χ0) is 9.56. The van der Waals surface area contributed by atoms with Crippen LogP contribution in [-0.4, -0.2) is 36.9 Å². The van der Waals surface area contributed by atoms with Gasteiger partial charge in [0, 0.05) is 7.11 Å². The molecule has 1 amide bonds. The van der Waals surface area contributed by atoms with Crippen LogP contribution in [0.15, 0.2) is 0 Å². The van der Waals surface area contributed by atoms with E-state index in [9.17, 15) is 9.59 Å². The second kappa shape index (κ2) is 5.50. The van der Waals surface area contributed by atoms with Crippen molar-refractivity contribution in [3.05, 3.63) is 0 Å². The lowest BCUT2D eigenvalue weighted by atomic mass is 10.2. The molecule has 4 N–H and O–H groups in total. The third-order valence-electron chi connectivity index (χ3n) is 1.18. The van der Waals surface area contributed by atoms with E-state index in [-0.39, 0.29) is 13.2 Å². The van der Waals surface area contributed by atoms with Crippen molar-refractivity contribution in [3.63, 3.8) is 0 Å². The molecule has 6 heteroatoms. The van der Waals surface area contributed by atoms with Gasteiger partial charge >= 0.3 is 5.97 Å². The summed E-state index contributed by atoms with van der Waals surface area (Å²) in [5, 5.41) is 11.0. The lowest BCUT2D eigenvalue weighted by Crippen LogP contribution is -2.40. The van der Waals surface area contributed by atoms with Crippen molar-refractivity contribution < 1.29 is 19.4 Å². The zero-order valence-electron chi connectivity index (χ0n) is 6.74. The molecular formula is C6H12N2O4. The highest BCUT2D eigenvalue weighted by Crippen LogP contribution is 1.90. The Kier molecular flexibility index (Phi) is 4.98. The average Bonchev–Trinajstić information content (AvgIpc) is 1.96. The molecule has 0 aliphatic carbocycles. The molecule has 1 unspecified atom stereocenters. The highest BCUT2D eigenvalue weighted by Gasteiger charge is 2.18. The van der Waals surface area contributed by atoms with Crippen molar-refractivity contribution in [2.45, 2.75) is 12.5 Å². The molecule has 0 saturated heterocycles. The van der Waals surface area contributed by atoms with Gasteiger partial charge in [0.25, 0.3) is 0 Å². The number of nitrogens with two attached hydrogens (primary N) is 1. The highest BCUT2D eigenvalue weighted by atomic mass is 16.5. The fraction of sp³-hybridized carbons (Fsp3) is 0.667. The van der Waals surface area contributed by atoms with Gasteiger partial charge in [-0.1, -0.05) is 0 Å². The standard InChI is InChI=1S/C6H12N2O4/c1-12-3-8-4(6(10)11)2-5(7)9/h4,8H,2-3H2,1H3,(H2,7,9)(H,10,11). The van der Waals surface area contributed by atoms with Gasteiger partial charge in [-0.3, -0.25) is 14.9 Å². The molecule has 0 aromatic heterocycles. The van der Waals surface area contributed by atoms with Crippen molar-refractivity contribution >= 4 is 11.9 Å². The molecular weight excluding hydrogens is 164 g/mol. The first kappa shape index (κ1) is 10.9. The van der Waals surface area contributed by atoms with Gasteiger partial charge in [-0.25, -0.2) is 0 Å². The number of methoxy groups -OCH3 is 1. The molecule has 0 aliphatic heterocycles. The van der Waals surface area contributed by atoms with Gasteiger partial charge in [0.05, 0.1) is 13.2 Å². The Labute approximate surface area is 69.7 Å². The molecule has 0 aromatic carbocycles. The number of carboxylic acids is 1. The summed E-state index contributed by atoms with van der Waals surface area (Å²) in [5.41, 5.74) is 4.82. The maximum absolute atomic E-state index is 10.4. The molecule has 6 nitrogen and oxygen atoms in total. The van der Waals surface area contributed by atoms with E-state index >= 15 is 0 Å². The van der Waals surface area contributed by atoms with Gasteiger partial charge in [-0.15, -0.1) is 0 Å². The van der Waals surface area contributed by atoms with Crippen molar-refractivity contribution in [1.29, 1.82) is 0 Å². The Morgan fingerprint density at radius 1 is 1.67 bits per heavy atom. The van der Waals surface area contributed by atoms with E-state index in [1.54, 1.807) is 0 Å². The molecule has 0 fully saturated rings. The van der Waals surface area contributed by atoms with Crippen LogP contribution < -0.4 is 11.1 Å². The maximum Gasteiger partial charge on any atom is 0.321 e. The number of hydrogen-bond donors (Lipinski definition) is 3. The van der Waals surface area contributed by atoms with Crippen molar-refractivity contribution in [2.24, 2.45) is 5.73 Å². The van der Waals surface area contributed by atoms with E-state index in [1.807, 2.05) is 0 Å². The Balaban J connectivity index is 3.87. The molecule has 0 bridgehead atoms. The maximum atomic E-state index is 10.4. The lowest BCUT2D eigenvalue weighted by Gasteiger charge is -2.10. The number of carboxylic acid groups (broad SMARTS) is 1. The zero-order valence-corrected chi connectivity index (χ0v) is 6.74. The van der Waals surface area contributed by atoms with Crippen LogP contribution >= 0.6 is 0 Å². The molecule has 1 atom stereocenters. The molecule has 0 rings (SSSR count). The van der Waals surface area contributed by atoms with Crippen LogP contribution in [0.25, 0.3) is 0 Å². The fourth-order valence-electron chi connectivity index (χ4n) is 0.632. The molecule has 0 radical (unpaired) electrons. The molecule has 0 spiro atoms. The Bertz CT molecular complexity index is 171.